The van der Waals surface area contributed by atoms with Gasteiger partial charge < -0.3 is 15.0 Å². The van der Waals surface area contributed by atoms with Crippen molar-refractivity contribution >= 4 is 17.4 Å². The lowest BCUT2D eigenvalue weighted by Gasteiger charge is -2.26. The summed E-state index contributed by atoms with van der Waals surface area (Å²) in [6.45, 7) is 4.17. The molecule has 128 valence electrons. The standard InChI is InChI=1S/C18H20N6O/c1-2-15-17(19-5-1)24-12-13(3-4-16(24)22-15)14-10-20-18(21-11-14)23-6-8-25-9-7-23/h3-4,10-12,19H,1-2,5-9H2. The van der Waals surface area contributed by atoms with E-state index in [-0.39, 0.29) is 0 Å². The van der Waals surface area contributed by atoms with E-state index in [0.717, 1.165) is 79.9 Å². The van der Waals surface area contributed by atoms with Crippen LogP contribution in [0.25, 0.3) is 16.8 Å². The summed E-state index contributed by atoms with van der Waals surface area (Å²) in [6, 6.07) is 4.14. The Bertz CT molecular complexity index is 898. The maximum Gasteiger partial charge on any atom is 0.225 e. The largest absolute Gasteiger partial charge is 0.378 e. The number of rotatable bonds is 2. The number of aryl methyl sites for hydroxylation is 1. The number of nitrogens with one attached hydrogen (secondary N) is 1. The Morgan fingerprint density at radius 1 is 1.04 bits per heavy atom. The van der Waals surface area contributed by atoms with Crippen LogP contribution in [0.15, 0.2) is 30.7 Å². The van der Waals surface area contributed by atoms with Crippen LogP contribution < -0.4 is 10.2 Å². The number of imidazole rings is 1. The number of pyridine rings is 1. The molecule has 2 aliphatic rings. The van der Waals surface area contributed by atoms with Gasteiger partial charge in [-0.05, 0) is 25.0 Å². The van der Waals surface area contributed by atoms with Crippen LogP contribution in [-0.4, -0.2) is 52.2 Å². The fourth-order valence-corrected chi connectivity index (χ4v) is 3.49. The Balaban J connectivity index is 1.48. The zero-order valence-electron chi connectivity index (χ0n) is 14.0. The molecule has 0 atom stereocenters. The Morgan fingerprint density at radius 3 is 2.72 bits per heavy atom. The minimum Gasteiger partial charge on any atom is -0.378 e. The summed E-state index contributed by atoms with van der Waals surface area (Å²) in [4.78, 5) is 16.0. The fourth-order valence-electron chi connectivity index (χ4n) is 3.49. The van der Waals surface area contributed by atoms with Crippen LogP contribution in [0.1, 0.15) is 12.1 Å². The number of aromatic nitrogens is 4. The van der Waals surface area contributed by atoms with Crippen molar-refractivity contribution in [3.8, 4) is 11.1 Å². The molecule has 1 fully saturated rings. The Hall–Kier alpha value is -2.67. The smallest absolute Gasteiger partial charge is 0.225 e. The van der Waals surface area contributed by atoms with E-state index >= 15 is 0 Å². The van der Waals surface area contributed by atoms with Crippen molar-refractivity contribution in [1.29, 1.82) is 0 Å². The van der Waals surface area contributed by atoms with Crippen molar-refractivity contribution in [3.63, 3.8) is 0 Å². The second kappa shape index (κ2) is 6.00. The van der Waals surface area contributed by atoms with E-state index in [9.17, 15) is 0 Å². The SMILES string of the molecule is c1cc2nc3c(n2cc1-c1cnc(N2CCOCC2)nc1)NCCC3. The monoisotopic (exact) mass is 336 g/mol. The van der Waals surface area contributed by atoms with Gasteiger partial charge in [0.1, 0.15) is 11.5 Å². The molecule has 2 aliphatic heterocycles. The highest BCUT2D eigenvalue weighted by atomic mass is 16.5. The third-order valence-corrected chi connectivity index (χ3v) is 4.84. The van der Waals surface area contributed by atoms with Crippen LogP contribution >= 0.6 is 0 Å². The molecule has 3 aromatic heterocycles. The van der Waals surface area contributed by atoms with Crippen LogP contribution in [0.3, 0.4) is 0 Å². The average Bonchev–Trinajstić information content (AvgIpc) is 3.07. The molecular weight excluding hydrogens is 316 g/mol. The Morgan fingerprint density at radius 2 is 1.88 bits per heavy atom. The summed E-state index contributed by atoms with van der Waals surface area (Å²) < 4.78 is 7.52. The number of hydrogen-bond acceptors (Lipinski definition) is 6. The van der Waals surface area contributed by atoms with Crippen molar-refractivity contribution in [2.45, 2.75) is 12.8 Å². The predicted octanol–water partition coefficient (Wildman–Crippen LogP) is 1.99. The number of anilines is 2. The Kier molecular flexibility index (Phi) is 3.52. The highest BCUT2D eigenvalue weighted by Gasteiger charge is 2.17. The van der Waals surface area contributed by atoms with Crippen LogP contribution in [-0.2, 0) is 11.2 Å². The topological polar surface area (TPSA) is 67.6 Å². The van der Waals surface area contributed by atoms with Gasteiger partial charge in [0.2, 0.25) is 5.95 Å². The molecule has 7 nitrogen and oxygen atoms in total. The molecular formula is C18H20N6O. The third kappa shape index (κ3) is 2.60. The first-order valence-corrected chi connectivity index (χ1v) is 8.78. The summed E-state index contributed by atoms with van der Waals surface area (Å²) in [7, 11) is 0. The maximum atomic E-state index is 5.38. The van der Waals surface area contributed by atoms with E-state index in [1.807, 2.05) is 12.4 Å². The van der Waals surface area contributed by atoms with E-state index in [1.165, 1.54) is 0 Å². The van der Waals surface area contributed by atoms with Gasteiger partial charge >= 0.3 is 0 Å². The zero-order chi connectivity index (χ0) is 16.6. The van der Waals surface area contributed by atoms with Gasteiger partial charge in [0.25, 0.3) is 0 Å². The molecule has 0 unspecified atom stereocenters. The quantitative estimate of drug-likeness (QED) is 0.772. The minimum atomic E-state index is 0.737. The van der Waals surface area contributed by atoms with Crippen molar-refractivity contribution in [3.05, 3.63) is 36.4 Å². The molecule has 5 heterocycles. The third-order valence-electron chi connectivity index (χ3n) is 4.84. The molecule has 3 aromatic rings. The van der Waals surface area contributed by atoms with Gasteiger partial charge in [-0.2, -0.15) is 0 Å². The minimum absolute atomic E-state index is 0.737. The molecule has 1 saturated heterocycles. The van der Waals surface area contributed by atoms with Gasteiger partial charge in [0.15, 0.2) is 0 Å². The number of fused-ring (bicyclic) bond motifs is 3. The van der Waals surface area contributed by atoms with Crippen LogP contribution in [0.5, 0.6) is 0 Å². The first-order valence-electron chi connectivity index (χ1n) is 8.78. The average molecular weight is 336 g/mol. The lowest BCUT2D eigenvalue weighted by molar-refractivity contribution is 0.122. The molecule has 5 rings (SSSR count). The lowest BCUT2D eigenvalue weighted by atomic mass is 10.1. The van der Waals surface area contributed by atoms with Gasteiger partial charge in [-0.25, -0.2) is 15.0 Å². The van der Waals surface area contributed by atoms with E-state index in [0.29, 0.717) is 0 Å². The number of hydrogen-bond donors (Lipinski definition) is 1. The summed E-state index contributed by atoms with van der Waals surface area (Å²) in [5.41, 5.74) is 4.24. The molecule has 0 saturated carbocycles. The molecule has 0 radical (unpaired) electrons. The highest BCUT2D eigenvalue weighted by Crippen LogP contribution is 2.26. The summed E-state index contributed by atoms with van der Waals surface area (Å²) in [5, 5.41) is 3.47. The molecule has 7 heteroatoms. The first-order chi connectivity index (χ1) is 12.4. The highest BCUT2D eigenvalue weighted by molar-refractivity contribution is 5.66. The second-order valence-electron chi connectivity index (χ2n) is 6.45. The van der Waals surface area contributed by atoms with Crippen LogP contribution in [0, 0.1) is 0 Å². The van der Waals surface area contributed by atoms with Gasteiger partial charge in [-0.15, -0.1) is 0 Å². The van der Waals surface area contributed by atoms with E-state index in [2.05, 4.69) is 42.9 Å². The fraction of sp³-hybridized carbons (Fsp3) is 0.389. The Labute approximate surface area is 145 Å². The predicted molar refractivity (Wildman–Crippen MR) is 96.1 cm³/mol. The molecule has 1 N–H and O–H groups in total. The first kappa shape index (κ1) is 14.7. The van der Waals surface area contributed by atoms with Crippen molar-refractivity contribution in [2.75, 3.05) is 43.1 Å². The molecule has 0 amide bonds. The van der Waals surface area contributed by atoms with Gasteiger partial charge in [-0.3, -0.25) is 4.40 Å². The van der Waals surface area contributed by atoms with E-state index in [1.54, 1.807) is 0 Å². The summed E-state index contributed by atoms with van der Waals surface area (Å²) in [6.07, 6.45) is 8.09. The van der Waals surface area contributed by atoms with E-state index < -0.39 is 0 Å². The molecule has 0 spiro atoms. The van der Waals surface area contributed by atoms with E-state index in [4.69, 9.17) is 9.72 Å². The van der Waals surface area contributed by atoms with Gasteiger partial charge in [-0.1, -0.05) is 0 Å². The van der Waals surface area contributed by atoms with Crippen LogP contribution in [0.4, 0.5) is 11.8 Å². The van der Waals surface area contributed by atoms with Crippen molar-refractivity contribution in [1.82, 2.24) is 19.4 Å². The number of morpholine rings is 1. The number of nitrogens with zero attached hydrogens (tertiary/aromatic N) is 5. The molecule has 0 aromatic carbocycles. The number of ether oxygens (including phenoxy) is 1. The van der Waals surface area contributed by atoms with Crippen molar-refractivity contribution < 1.29 is 4.74 Å². The normalized spacial score (nSPS) is 17.4. The second-order valence-corrected chi connectivity index (χ2v) is 6.45. The van der Waals surface area contributed by atoms with Gasteiger partial charge in [0, 0.05) is 49.4 Å². The lowest BCUT2D eigenvalue weighted by Crippen LogP contribution is -2.37. The van der Waals surface area contributed by atoms with Crippen LogP contribution in [0.2, 0.25) is 0 Å². The molecule has 25 heavy (non-hydrogen) atoms. The maximum absolute atomic E-state index is 5.38. The summed E-state index contributed by atoms with van der Waals surface area (Å²) >= 11 is 0. The van der Waals surface area contributed by atoms with Crippen molar-refractivity contribution in [2.24, 2.45) is 0 Å². The van der Waals surface area contributed by atoms with Gasteiger partial charge in [0.05, 0.1) is 18.9 Å². The zero-order valence-corrected chi connectivity index (χ0v) is 14.0. The molecule has 0 aliphatic carbocycles. The summed E-state index contributed by atoms with van der Waals surface area (Å²) in [5.74, 6) is 1.89. The molecule has 0 bridgehead atoms.